The molecule has 1 aromatic rings. The van der Waals surface area contributed by atoms with Gasteiger partial charge in [0.15, 0.2) is 0 Å². The summed E-state index contributed by atoms with van der Waals surface area (Å²) in [6, 6.07) is 0.393. The van der Waals surface area contributed by atoms with Gasteiger partial charge >= 0.3 is 0 Å². The van der Waals surface area contributed by atoms with Gasteiger partial charge in [0.2, 0.25) is 0 Å². The van der Waals surface area contributed by atoms with Crippen molar-refractivity contribution in [3.63, 3.8) is 0 Å². The molecule has 1 aromatic heterocycles. The quantitative estimate of drug-likeness (QED) is 0.581. The zero-order valence-electron chi connectivity index (χ0n) is 9.02. The molecule has 15 heavy (non-hydrogen) atoms. The molecule has 1 fully saturated rings. The van der Waals surface area contributed by atoms with Gasteiger partial charge in [-0.3, -0.25) is 16.0 Å². The highest BCUT2D eigenvalue weighted by molar-refractivity contribution is 7.99. The van der Waals surface area contributed by atoms with E-state index in [1.165, 1.54) is 23.5 Å². The van der Waals surface area contributed by atoms with Crippen LogP contribution in [-0.4, -0.2) is 27.3 Å². The topological polar surface area (TPSA) is 55.9 Å². The molecular weight excluding hydrogens is 208 g/mol. The lowest BCUT2D eigenvalue weighted by molar-refractivity contribution is 0.386. The molecule has 1 aliphatic rings. The van der Waals surface area contributed by atoms with Crippen LogP contribution in [0.5, 0.6) is 0 Å². The summed E-state index contributed by atoms with van der Waals surface area (Å²) in [6.07, 6.45) is 6.24. The molecule has 2 heterocycles. The smallest absolute Gasteiger partial charge is 0.0522 e. The van der Waals surface area contributed by atoms with E-state index in [9.17, 15) is 0 Å². The Morgan fingerprint density at radius 2 is 2.67 bits per heavy atom. The van der Waals surface area contributed by atoms with Crippen molar-refractivity contribution < 1.29 is 0 Å². The number of rotatable bonds is 4. The first-order valence-corrected chi connectivity index (χ1v) is 6.46. The minimum atomic E-state index is 0.393. The highest BCUT2D eigenvalue weighted by atomic mass is 32.2. The summed E-state index contributed by atoms with van der Waals surface area (Å²) < 4.78 is 1.84. The summed E-state index contributed by atoms with van der Waals surface area (Å²) in [5, 5.41) is 4.17. The Hall–Kier alpha value is -0.520. The maximum Gasteiger partial charge on any atom is 0.0522 e. The van der Waals surface area contributed by atoms with E-state index in [-0.39, 0.29) is 0 Å². The molecule has 3 N–H and O–H groups in total. The van der Waals surface area contributed by atoms with E-state index in [1.54, 1.807) is 0 Å². The fraction of sp³-hybridized carbons (Fsp3) is 0.700. The first kappa shape index (κ1) is 11.0. The molecule has 0 aromatic carbocycles. The average Bonchev–Trinajstić information content (AvgIpc) is 2.85. The van der Waals surface area contributed by atoms with E-state index in [4.69, 9.17) is 5.84 Å². The second-order valence-corrected chi connectivity index (χ2v) is 5.27. The third-order valence-electron chi connectivity index (χ3n) is 2.96. The summed E-state index contributed by atoms with van der Waals surface area (Å²) in [5.74, 6) is 8.83. The third-order valence-corrected chi connectivity index (χ3v) is 4.15. The van der Waals surface area contributed by atoms with Crippen LogP contribution >= 0.6 is 11.8 Å². The molecule has 0 aliphatic carbocycles. The monoisotopic (exact) mass is 226 g/mol. The van der Waals surface area contributed by atoms with Crippen molar-refractivity contribution >= 4 is 11.8 Å². The fourth-order valence-electron chi connectivity index (χ4n) is 2.06. The highest BCUT2D eigenvalue weighted by Gasteiger charge is 2.24. The Bertz CT molecular complexity index is 306. The second kappa shape index (κ2) is 5.01. The van der Waals surface area contributed by atoms with Crippen molar-refractivity contribution in [3.8, 4) is 0 Å². The van der Waals surface area contributed by atoms with Gasteiger partial charge in [-0.2, -0.15) is 16.9 Å². The van der Waals surface area contributed by atoms with Crippen LogP contribution in [0.25, 0.3) is 0 Å². The van der Waals surface area contributed by atoms with E-state index < -0.39 is 0 Å². The third kappa shape index (κ3) is 2.74. The van der Waals surface area contributed by atoms with Crippen LogP contribution in [0.1, 0.15) is 12.0 Å². The molecule has 1 aliphatic heterocycles. The van der Waals surface area contributed by atoms with Crippen molar-refractivity contribution in [3.05, 3.63) is 18.0 Å². The fourth-order valence-corrected chi connectivity index (χ4v) is 3.40. The largest absolute Gasteiger partial charge is 0.276 e. The zero-order valence-corrected chi connectivity index (χ0v) is 9.83. The van der Waals surface area contributed by atoms with Gasteiger partial charge in [0.25, 0.3) is 0 Å². The summed E-state index contributed by atoms with van der Waals surface area (Å²) in [4.78, 5) is 0. The standard InChI is InChI=1S/C10H18N4S/c1-14-6-8(5-12-14)4-10(13-11)9-2-3-15-7-9/h5-6,9-10,13H,2-4,7,11H2,1H3. The molecule has 84 valence electrons. The molecule has 0 bridgehead atoms. The van der Waals surface area contributed by atoms with Crippen LogP contribution in [0.4, 0.5) is 0 Å². The number of hydrogen-bond donors (Lipinski definition) is 2. The molecule has 1 saturated heterocycles. The van der Waals surface area contributed by atoms with Crippen LogP contribution in [-0.2, 0) is 13.5 Å². The molecular formula is C10H18N4S. The first-order valence-electron chi connectivity index (χ1n) is 5.31. The van der Waals surface area contributed by atoms with E-state index in [0.717, 1.165) is 6.42 Å². The number of hydrazine groups is 1. The van der Waals surface area contributed by atoms with Crippen molar-refractivity contribution in [2.45, 2.75) is 18.9 Å². The molecule has 4 nitrogen and oxygen atoms in total. The molecule has 0 radical (unpaired) electrons. The van der Waals surface area contributed by atoms with Crippen molar-refractivity contribution in [1.29, 1.82) is 0 Å². The van der Waals surface area contributed by atoms with Crippen LogP contribution in [0, 0.1) is 5.92 Å². The van der Waals surface area contributed by atoms with Crippen LogP contribution in [0.2, 0.25) is 0 Å². The van der Waals surface area contributed by atoms with Gasteiger partial charge in [0, 0.05) is 19.3 Å². The molecule has 2 unspecified atom stereocenters. The Labute approximate surface area is 94.6 Å². The van der Waals surface area contributed by atoms with Crippen LogP contribution < -0.4 is 11.3 Å². The normalized spacial score (nSPS) is 23.2. The molecule has 2 rings (SSSR count). The van der Waals surface area contributed by atoms with Crippen LogP contribution in [0.3, 0.4) is 0 Å². The van der Waals surface area contributed by atoms with E-state index in [0.29, 0.717) is 12.0 Å². The maximum absolute atomic E-state index is 5.62. The minimum absolute atomic E-state index is 0.393. The maximum atomic E-state index is 5.62. The van der Waals surface area contributed by atoms with Crippen molar-refractivity contribution in [2.24, 2.45) is 18.8 Å². The van der Waals surface area contributed by atoms with Gasteiger partial charge < -0.3 is 0 Å². The molecule has 0 amide bonds. The molecule has 0 spiro atoms. The number of nitrogens with one attached hydrogen (secondary N) is 1. The number of aryl methyl sites for hydroxylation is 1. The van der Waals surface area contributed by atoms with Gasteiger partial charge in [-0.15, -0.1) is 0 Å². The van der Waals surface area contributed by atoms with Gasteiger partial charge in [0.05, 0.1) is 6.20 Å². The van der Waals surface area contributed by atoms with Crippen LogP contribution in [0.15, 0.2) is 12.4 Å². The zero-order chi connectivity index (χ0) is 10.7. The van der Waals surface area contributed by atoms with Crippen molar-refractivity contribution in [1.82, 2.24) is 15.2 Å². The number of thioether (sulfide) groups is 1. The summed E-state index contributed by atoms with van der Waals surface area (Å²) >= 11 is 2.03. The number of aromatic nitrogens is 2. The highest BCUT2D eigenvalue weighted by Crippen LogP contribution is 2.27. The average molecular weight is 226 g/mol. The lowest BCUT2D eigenvalue weighted by atomic mass is 9.95. The predicted molar refractivity (Wildman–Crippen MR) is 63.5 cm³/mol. The SMILES string of the molecule is Cn1cc(CC(NN)C2CCSC2)cn1. The predicted octanol–water partition coefficient (Wildman–Crippen LogP) is 0.548. The lowest BCUT2D eigenvalue weighted by Crippen LogP contribution is -2.42. The second-order valence-electron chi connectivity index (χ2n) is 4.12. The van der Waals surface area contributed by atoms with E-state index in [1.807, 2.05) is 29.7 Å². The number of nitrogens with two attached hydrogens (primary N) is 1. The Morgan fingerprint density at radius 1 is 1.80 bits per heavy atom. The van der Waals surface area contributed by atoms with Gasteiger partial charge in [0.1, 0.15) is 0 Å². The first-order chi connectivity index (χ1) is 7.29. The lowest BCUT2D eigenvalue weighted by Gasteiger charge is -2.21. The number of hydrogen-bond acceptors (Lipinski definition) is 4. The Balaban J connectivity index is 1.95. The van der Waals surface area contributed by atoms with Crippen molar-refractivity contribution in [2.75, 3.05) is 11.5 Å². The van der Waals surface area contributed by atoms with Gasteiger partial charge in [-0.25, -0.2) is 0 Å². The van der Waals surface area contributed by atoms with E-state index in [2.05, 4.69) is 16.7 Å². The van der Waals surface area contributed by atoms with Gasteiger partial charge in [-0.1, -0.05) is 0 Å². The summed E-state index contributed by atoms with van der Waals surface area (Å²) in [7, 11) is 1.94. The Kier molecular flexibility index (Phi) is 3.66. The minimum Gasteiger partial charge on any atom is -0.276 e. The summed E-state index contributed by atoms with van der Waals surface area (Å²) in [6.45, 7) is 0. The molecule has 5 heteroatoms. The molecule has 2 atom stereocenters. The summed E-state index contributed by atoms with van der Waals surface area (Å²) in [5.41, 5.74) is 4.21. The number of nitrogens with zero attached hydrogens (tertiary/aromatic N) is 2. The Morgan fingerprint density at radius 3 is 3.20 bits per heavy atom. The van der Waals surface area contributed by atoms with E-state index >= 15 is 0 Å². The van der Waals surface area contributed by atoms with Gasteiger partial charge in [-0.05, 0) is 35.8 Å². The molecule has 0 saturated carbocycles.